The van der Waals surface area contributed by atoms with Crippen molar-refractivity contribution in [3.8, 4) is 0 Å². The molecule has 2 aromatic rings. The van der Waals surface area contributed by atoms with Crippen LogP contribution >= 0.6 is 0 Å². The summed E-state index contributed by atoms with van der Waals surface area (Å²) in [6, 6.07) is 8.52. The third-order valence-electron chi connectivity index (χ3n) is 2.83. The molecule has 0 radical (unpaired) electrons. The molecule has 4 nitrogen and oxygen atoms in total. The maximum absolute atomic E-state index is 4.17. The summed E-state index contributed by atoms with van der Waals surface area (Å²) in [6.07, 6.45) is 1.57. The Hall–Kier alpha value is -1.84. The van der Waals surface area contributed by atoms with Crippen LogP contribution in [0.3, 0.4) is 0 Å². The van der Waals surface area contributed by atoms with Gasteiger partial charge in [0.2, 0.25) is 0 Å². The first-order valence-corrected chi connectivity index (χ1v) is 5.83. The van der Waals surface area contributed by atoms with Crippen LogP contribution in [0.2, 0.25) is 0 Å². The number of nitrogens with one attached hydrogen (secondary N) is 1. The fourth-order valence-corrected chi connectivity index (χ4v) is 1.65. The molecule has 1 heterocycles. The highest BCUT2D eigenvalue weighted by atomic mass is 15.3. The Kier molecular flexibility index (Phi) is 3.42. The SMILES string of the molecule is CC(C)c1ccc(NCc2ncnn2C)cc1. The molecule has 0 atom stereocenters. The van der Waals surface area contributed by atoms with E-state index in [1.807, 2.05) is 7.05 Å². The zero-order chi connectivity index (χ0) is 12.3. The first-order chi connectivity index (χ1) is 8.16. The molecule has 0 fully saturated rings. The number of hydrogen-bond acceptors (Lipinski definition) is 3. The molecule has 0 saturated carbocycles. The molecular weight excluding hydrogens is 212 g/mol. The second-order valence-electron chi connectivity index (χ2n) is 4.43. The lowest BCUT2D eigenvalue weighted by molar-refractivity contribution is 0.712. The van der Waals surface area contributed by atoms with Crippen molar-refractivity contribution >= 4 is 5.69 Å². The monoisotopic (exact) mass is 230 g/mol. The highest BCUT2D eigenvalue weighted by Gasteiger charge is 2.01. The van der Waals surface area contributed by atoms with E-state index in [2.05, 4.69) is 53.5 Å². The molecule has 1 aromatic carbocycles. The molecule has 0 spiro atoms. The number of aryl methyl sites for hydroxylation is 1. The van der Waals surface area contributed by atoms with Gasteiger partial charge in [-0.05, 0) is 23.6 Å². The van der Waals surface area contributed by atoms with Gasteiger partial charge in [-0.3, -0.25) is 4.68 Å². The average molecular weight is 230 g/mol. The van der Waals surface area contributed by atoms with Crippen LogP contribution in [0.1, 0.15) is 31.2 Å². The Bertz CT molecular complexity index is 470. The van der Waals surface area contributed by atoms with Gasteiger partial charge in [0.25, 0.3) is 0 Å². The molecule has 0 amide bonds. The normalized spacial score (nSPS) is 10.8. The number of aromatic nitrogens is 3. The van der Waals surface area contributed by atoms with Crippen LogP contribution in [0.25, 0.3) is 0 Å². The van der Waals surface area contributed by atoms with E-state index in [0.717, 1.165) is 11.5 Å². The van der Waals surface area contributed by atoms with E-state index in [0.29, 0.717) is 12.5 Å². The maximum atomic E-state index is 4.17. The lowest BCUT2D eigenvalue weighted by Crippen LogP contribution is -2.06. The zero-order valence-corrected chi connectivity index (χ0v) is 10.5. The molecule has 90 valence electrons. The van der Waals surface area contributed by atoms with E-state index >= 15 is 0 Å². The Morgan fingerprint density at radius 2 is 1.94 bits per heavy atom. The van der Waals surface area contributed by atoms with Gasteiger partial charge in [-0.1, -0.05) is 26.0 Å². The van der Waals surface area contributed by atoms with Crippen molar-refractivity contribution in [3.63, 3.8) is 0 Å². The zero-order valence-electron chi connectivity index (χ0n) is 10.5. The first kappa shape index (κ1) is 11.6. The summed E-state index contributed by atoms with van der Waals surface area (Å²) >= 11 is 0. The van der Waals surface area contributed by atoms with Gasteiger partial charge in [0.15, 0.2) is 0 Å². The smallest absolute Gasteiger partial charge is 0.145 e. The fraction of sp³-hybridized carbons (Fsp3) is 0.385. The Morgan fingerprint density at radius 3 is 2.47 bits per heavy atom. The second kappa shape index (κ2) is 4.99. The number of benzene rings is 1. The quantitative estimate of drug-likeness (QED) is 0.877. The van der Waals surface area contributed by atoms with Crippen LogP contribution in [0.4, 0.5) is 5.69 Å². The van der Waals surface area contributed by atoms with Crippen LogP contribution in [-0.4, -0.2) is 14.8 Å². The summed E-state index contributed by atoms with van der Waals surface area (Å²) in [5.41, 5.74) is 2.46. The molecule has 0 aliphatic carbocycles. The van der Waals surface area contributed by atoms with Crippen molar-refractivity contribution in [2.24, 2.45) is 7.05 Å². The minimum Gasteiger partial charge on any atom is -0.378 e. The number of hydrogen-bond donors (Lipinski definition) is 1. The number of rotatable bonds is 4. The third-order valence-corrected chi connectivity index (χ3v) is 2.83. The fourth-order valence-electron chi connectivity index (χ4n) is 1.65. The van der Waals surface area contributed by atoms with Gasteiger partial charge < -0.3 is 5.32 Å². The molecule has 17 heavy (non-hydrogen) atoms. The van der Waals surface area contributed by atoms with E-state index in [1.54, 1.807) is 11.0 Å². The summed E-state index contributed by atoms with van der Waals surface area (Å²) in [4.78, 5) is 4.17. The van der Waals surface area contributed by atoms with E-state index in [1.165, 1.54) is 5.56 Å². The van der Waals surface area contributed by atoms with E-state index in [4.69, 9.17) is 0 Å². The van der Waals surface area contributed by atoms with Crippen LogP contribution in [0.5, 0.6) is 0 Å². The van der Waals surface area contributed by atoms with Gasteiger partial charge in [-0.2, -0.15) is 5.10 Å². The predicted molar refractivity (Wildman–Crippen MR) is 68.9 cm³/mol. The molecule has 0 aliphatic heterocycles. The molecule has 0 aliphatic rings. The van der Waals surface area contributed by atoms with Gasteiger partial charge in [-0.15, -0.1) is 0 Å². The molecule has 0 bridgehead atoms. The standard InChI is InChI=1S/C13H18N4/c1-10(2)11-4-6-12(7-5-11)14-8-13-15-9-16-17(13)3/h4-7,9-10,14H,8H2,1-3H3. The lowest BCUT2D eigenvalue weighted by atomic mass is 10.0. The van der Waals surface area contributed by atoms with Crippen molar-refractivity contribution < 1.29 is 0 Å². The second-order valence-corrected chi connectivity index (χ2v) is 4.43. The first-order valence-electron chi connectivity index (χ1n) is 5.83. The summed E-state index contributed by atoms with van der Waals surface area (Å²) in [5.74, 6) is 1.50. The van der Waals surface area contributed by atoms with Gasteiger partial charge in [0, 0.05) is 12.7 Å². The maximum Gasteiger partial charge on any atom is 0.145 e. The van der Waals surface area contributed by atoms with E-state index in [9.17, 15) is 0 Å². The minimum atomic E-state index is 0.572. The molecule has 1 N–H and O–H groups in total. The summed E-state index contributed by atoms with van der Waals surface area (Å²) in [7, 11) is 1.89. The molecule has 4 heteroatoms. The molecule has 1 aromatic heterocycles. The van der Waals surface area contributed by atoms with Gasteiger partial charge in [-0.25, -0.2) is 4.98 Å². The summed E-state index contributed by atoms with van der Waals surface area (Å²) in [6.45, 7) is 5.08. The van der Waals surface area contributed by atoms with Crippen LogP contribution in [0.15, 0.2) is 30.6 Å². The van der Waals surface area contributed by atoms with Crippen molar-refractivity contribution in [2.45, 2.75) is 26.3 Å². The molecule has 0 unspecified atom stereocenters. The number of nitrogens with zero attached hydrogens (tertiary/aromatic N) is 3. The molecular formula is C13H18N4. The van der Waals surface area contributed by atoms with Crippen LogP contribution in [-0.2, 0) is 13.6 Å². The van der Waals surface area contributed by atoms with Crippen molar-refractivity contribution in [1.29, 1.82) is 0 Å². The van der Waals surface area contributed by atoms with Crippen molar-refractivity contribution in [1.82, 2.24) is 14.8 Å². The van der Waals surface area contributed by atoms with Crippen molar-refractivity contribution in [3.05, 3.63) is 42.0 Å². The Balaban J connectivity index is 1.98. The van der Waals surface area contributed by atoms with E-state index < -0.39 is 0 Å². The highest BCUT2D eigenvalue weighted by Crippen LogP contribution is 2.17. The third kappa shape index (κ3) is 2.84. The van der Waals surface area contributed by atoms with Crippen molar-refractivity contribution in [2.75, 3.05) is 5.32 Å². The summed E-state index contributed by atoms with van der Waals surface area (Å²) in [5, 5.41) is 7.36. The highest BCUT2D eigenvalue weighted by molar-refractivity contribution is 5.45. The molecule has 0 saturated heterocycles. The molecule has 2 rings (SSSR count). The predicted octanol–water partition coefficient (Wildman–Crippen LogP) is 2.55. The number of anilines is 1. The topological polar surface area (TPSA) is 42.7 Å². The van der Waals surface area contributed by atoms with Gasteiger partial charge in [0.05, 0.1) is 6.54 Å². The van der Waals surface area contributed by atoms with Gasteiger partial charge >= 0.3 is 0 Å². The lowest BCUT2D eigenvalue weighted by Gasteiger charge is -2.08. The Morgan fingerprint density at radius 1 is 1.24 bits per heavy atom. The van der Waals surface area contributed by atoms with Gasteiger partial charge in [0.1, 0.15) is 12.2 Å². The summed E-state index contributed by atoms with van der Waals surface area (Å²) < 4.78 is 1.77. The van der Waals surface area contributed by atoms with Crippen LogP contribution < -0.4 is 5.32 Å². The Labute approximate surface area is 102 Å². The average Bonchev–Trinajstić information content (AvgIpc) is 2.73. The van der Waals surface area contributed by atoms with Crippen LogP contribution in [0, 0.1) is 0 Å². The largest absolute Gasteiger partial charge is 0.378 e. The minimum absolute atomic E-state index is 0.572. The van der Waals surface area contributed by atoms with E-state index in [-0.39, 0.29) is 0 Å².